The first-order chi connectivity index (χ1) is 14.4. The van der Waals surface area contributed by atoms with Crippen LogP contribution in [0.15, 0.2) is 30.6 Å². The predicted octanol–water partition coefficient (Wildman–Crippen LogP) is 2.41. The molecule has 1 aromatic carbocycles. The molecule has 0 atom stereocenters. The first-order valence-electron chi connectivity index (χ1n) is 9.94. The van der Waals surface area contributed by atoms with E-state index < -0.39 is 11.7 Å². The summed E-state index contributed by atoms with van der Waals surface area (Å²) in [6.45, 7) is 6.74. The minimum Gasteiger partial charge on any atom is -0.477 e. The number of amides is 1. The number of hydrogen-bond donors (Lipinski definition) is 2. The Balaban J connectivity index is 1.63. The molecule has 2 heterocycles. The maximum atomic E-state index is 13.6. The highest BCUT2D eigenvalue weighted by molar-refractivity contribution is 6.45. The number of benzene rings is 1. The van der Waals surface area contributed by atoms with Crippen molar-refractivity contribution in [3.05, 3.63) is 42.0 Å². The van der Waals surface area contributed by atoms with E-state index in [2.05, 4.69) is 34.0 Å². The van der Waals surface area contributed by atoms with E-state index in [-0.39, 0.29) is 11.3 Å². The Labute approximate surface area is 175 Å². The van der Waals surface area contributed by atoms with E-state index >= 15 is 0 Å². The average molecular weight is 414 g/mol. The summed E-state index contributed by atoms with van der Waals surface area (Å²) in [5.41, 5.74) is 0.578. The van der Waals surface area contributed by atoms with Gasteiger partial charge in [-0.1, -0.05) is 13.8 Å². The van der Waals surface area contributed by atoms with Crippen molar-refractivity contribution >= 4 is 23.1 Å². The van der Waals surface area contributed by atoms with E-state index in [1.54, 1.807) is 18.0 Å². The molecule has 1 saturated heterocycles. The Morgan fingerprint density at radius 3 is 2.63 bits per heavy atom. The molecule has 0 aliphatic carbocycles. The molecule has 0 unspecified atom stereocenters. The molecule has 9 heteroatoms. The van der Waals surface area contributed by atoms with Gasteiger partial charge in [-0.15, -0.1) is 0 Å². The van der Waals surface area contributed by atoms with E-state index in [0.29, 0.717) is 50.3 Å². The van der Waals surface area contributed by atoms with E-state index in [1.807, 2.05) is 0 Å². The van der Waals surface area contributed by atoms with Crippen molar-refractivity contribution in [2.45, 2.75) is 13.8 Å². The van der Waals surface area contributed by atoms with Crippen molar-refractivity contribution in [3.8, 4) is 5.88 Å². The highest BCUT2D eigenvalue weighted by Crippen LogP contribution is 2.21. The van der Waals surface area contributed by atoms with Crippen LogP contribution in [0.25, 0.3) is 0 Å². The molecule has 3 rings (SSSR count). The Morgan fingerprint density at radius 2 is 1.97 bits per heavy atom. The number of halogens is 1. The first kappa shape index (κ1) is 21.5. The predicted molar refractivity (Wildman–Crippen MR) is 114 cm³/mol. The van der Waals surface area contributed by atoms with Crippen molar-refractivity contribution < 1.29 is 13.9 Å². The summed E-state index contributed by atoms with van der Waals surface area (Å²) >= 11 is 0. The molecule has 1 amide bonds. The van der Waals surface area contributed by atoms with Gasteiger partial charge in [0, 0.05) is 50.5 Å². The van der Waals surface area contributed by atoms with Crippen LogP contribution in [0.5, 0.6) is 5.88 Å². The number of ether oxygens (including phenoxy) is 1. The van der Waals surface area contributed by atoms with Gasteiger partial charge < -0.3 is 19.9 Å². The number of anilines is 2. The third-order valence-corrected chi connectivity index (χ3v) is 4.82. The molecule has 30 heavy (non-hydrogen) atoms. The molecule has 8 nitrogen and oxygen atoms in total. The lowest BCUT2D eigenvalue weighted by molar-refractivity contribution is -0.124. The van der Waals surface area contributed by atoms with Crippen molar-refractivity contribution in [1.82, 2.24) is 14.9 Å². The fourth-order valence-corrected chi connectivity index (χ4v) is 3.19. The van der Waals surface area contributed by atoms with Gasteiger partial charge in [0.1, 0.15) is 23.7 Å². The van der Waals surface area contributed by atoms with E-state index in [1.165, 1.54) is 24.5 Å². The number of nitrogens with zero attached hydrogens (tertiary/aromatic N) is 4. The van der Waals surface area contributed by atoms with Crippen LogP contribution >= 0.6 is 0 Å². The number of aromatic nitrogens is 2. The van der Waals surface area contributed by atoms with Gasteiger partial charge >= 0.3 is 0 Å². The quantitative estimate of drug-likeness (QED) is 0.676. The summed E-state index contributed by atoms with van der Waals surface area (Å²) < 4.78 is 19.3. The summed E-state index contributed by atoms with van der Waals surface area (Å²) in [6, 6.07) is 5.83. The minimum atomic E-state index is -0.481. The summed E-state index contributed by atoms with van der Waals surface area (Å²) in [6.07, 6.45) is 1.47. The Kier molecular flexibility index (Phi) is 6.81. The number of carbonyl (C=O) groups is 1. The fraction of sp³-hybridized carbons (Fsp3) is 0.429. The third-order valence-electron chi connectivity index (χ3n) is 4.82. The van der Waals surface area contributed by atoms with Gasteiger partial charge in [0.2, 0.25) is 5.88 Å². The lowest BCUT2D eigenvalue weighted by atomic mass is 10.1. The largest absolute Gasteiger partial charge is 0.477 e. The zero-order valence-corrected chi connectivity index (χ0v) is 17.5. The highest BCUT2D eigenvalue weighted by Gasteiger charge is 2.26. The van der Waals surface area contributed by atoms with E-state index in [4.69, 9.17) is 10.1 Å². The smallest absolute Gasteiger partial charge is 0.272 e. The summed E-state index contributed by atoms with van der Waals surface area (Å²) in [5, 5.41) is 11.2. The van der Waals surface area contributed by atoms with Gasteiger partial charge in [0.25, 0.3) is 5.91 Å². The fourth-order valence-electron chi connectivity index (χ4n) is 3.19. The number of nitrogens with one attached hydrogen (secondary N) is 2. The molecule has 1 aliphatic heterocycles. The summed E-state index contributed by atoms with van der Waals surface area (Å²) in [5.74, 6) is 0.772. The molecule has 160 valence electrons. The Hall–Kier alpha value is -3.23. The standard InChI is InChI=1S/C21H27FN6O2/c1-14(2)12-30-19-11-18(25-13-26-19)27-6-8-28(9-7-27)21(29)20(23)16-10-15(22)4-5-17(16)24-3/h4-5,10-11,13-14,23-24H,6-9,12H2,1-3H3. The lowest BCUT2D eigenvalue weighted by Crippen LogP contribution is -2.51. The maximum Gasteiger partial charge on any atom is 0.272 e. The minimum absolute atomic E-state index is 0.223. The molecule has 0 spiro atoms. The molecule has 0 saturated carbocycles. The lowest BCUT2D eigenvalue weighted by Gasteiger charge is -2.35. The molecule has 2 aromatic rings. The number of piperazine rings is 1. The van der Waals surface area contributed by atoms with E-state index in [0.717, 1.165) is 5.82 Å². The van der Waals surface area contributed by atoms with Crippen molar-refractivity contribution in [2.75, 3.05) is 50.1 Å². The highest BCUT2D eigenvalue weighted by atomic mass is 19.1. The van der Waals surface area contributed by atoms with Gasteiger partial charge in [0.05, 0.1) is 6.61 Å². The SMILES string of the molecule is CNc1ccc(F)cc1C(=N)C(=O)N1CCN(c2cc(OCC(C)C)ncn2)CC1. The normalized spacial score (nSPS) is 14.0. The van der Waals surface area contributed by atoms with Crippen LogP contribution in [0.3, 0.4) is 0 Å². The number of hydrogen-bond acceptors (Lipinski definition) is 7. The zero-order valence-electron chi connectivity index (χ0n) is 17.5. The van der Waals surface area contributed by atoms with Gasteiger partial charge in [-0.25, -0.2) is 14.4 Å². The third kappa shape index (κ3) is 5.03. The second kappa shape index (κ2) is 9.51. The molecular formula is C21H27FN6O2. The Bertz CT molecular complexity index is 912. The van der Waals surface area contributed by atoms with Gasteiger partial charge in [-0.2, -0.15) is 0 Å². The zero-order chi connectivity index (χ0) is 21.7. The van der Waals surface area contributed by atoms with Gasteiger partial charge in [-0.3, -0.25) is 10.2 Å². The van der Waals surface area contributed by atoms with Crippen molar-refractivity contribution in [1.29, 1.82) is 5.41 Å². The molecular weight excluding hydrogens is 387 g/mol. The second-order valence-electron chi connectivity index (χ2n) is 7.51. The average Bonchev–Trinajstić information content (AvgIpc) is 2.77. The maximum absolute atomic E-state index is 13.6. The molecule has 1 aromatic heterocycles. The number of rotatable bonds is 7. The van der Waals surface area contributed by atoms with Crippen molar-refractivity contribution in [3.63, 3.8) is 0 Å². The summed E-state index contributed by atoms with van der Waals surface area (Å²) in [4.78, 5) is 24.9. The first-order valence-corrected chi connectivity index (χ1v) is 9.94. The number of carbonyl (C=O) groups excluding carboxylic acids is 1. The van der Waals surface area contributed by atoms with Crippen LogP contribution in [-0.2, 0) is 4.79 Å². The summed E-state index contributed by atoms with van der Waals surface area (Å²) in [7, 11) is 1.67. The second-order valence-corrected chi connectivity index (χ2v) is 7.51. The van der Waals surface area contributed by atoms with E-state index in [9.17, 15) is 9.18 Å². The topological polar surface area (TPSA) is 94.4 Å². The molecule has 0 radical (unpaired) electrons. The molecule has 1 aliphatic rings. The van der Waals surface area contributed by atoms with Crippen LogP contribution < -0.4 is 15.0 Å². The van der Waals surface area contributed by atoms with Crippen LogP contribution in [0.4, 0.5) is 15.9 Å². The van der Waals surface area contributed by atoms with Crippen LogP contribution in [0.1, 0.15) is 19.4 Å². The van der Waals surface area contributed by atoms with Crippen LogP contribution in [0.2, 0.25) is 0 Å². The van der Waals surface area contributed by atoms with Crippen molar-refractivity contribution in [2.24, 2.45) is 5.92 Å². The van der Waals surface area contributed by atoms with Gasteiger partial charge in [0.15, 0.2) is 0 Å². The Morgan fingerprint density at radius 1 is 1.23 bits per heavy atom. The molecule has 2 N–H and O–H groups in total. The van der Waals surface area contributed by atoms with Gasteiger partial charge in [-0.05, 0) is 24.1 Å². The monoisotopic (exact) mass is 414 g/mol. The molecule has 0 bridgehead atoms. The molecule has 1 fully saturated rings. The van der Waals surface area contributed by atoms with Crippen LogP contribution in [-0.4, -0.2) is 66.3 Å². The van der Waals surface area contributed by atoms with Crippen LogP contribution in [0, 0.1) is 17.1 Å².